The molecule has 1 heterocycles. The fourth-order valence-electron chi connectivity index (χ4n) is 3.55. The Bertz CT molecular complexity index is 1200. The van der Waals surface area contributed by atoms with Crippen molar-refractivity contribution >= 4 is 40.3 Å². The molecular weight excluding hydrogens is 452 g/mol. The molecule has 1 aromatic heterocycles. The standard InChI is InChI=1S/C23H23ClN2O7/c1-13-17(11-21(28)33-25(2)20(12-27)23(30)31)18-10-16(32-3)8-9-19(18)26(13)22(29)14-4-6-15(24)7-5-14/h4-10,20,27H,11-12H2,1-3H3,(H,30,31)/t20-/m0/s1. The normalized spacial score (nSPS) is 12.1. The van der Waals surface area contributed by atoms with Gasteiger partial charge < -0.3 is 19.8 Å². The number of methoxy groups -OCH3 is 1. The van der Waals surface area contributed by atoms with Crippen LogP contribution < -0.4 is 4.74 Å². The third-order valence-electron chi connectivity index (χ3n) is 5.30. The summed E-state index contributed by atoms with van der Waals surface area (Å²) in [6.45, 7) is 0.977. The van der Waals surface area contributed by atoms with E-state index in [-0.39, 0.29) is 12.3 Å². The molecule has 0 saturated carbocycles. The average Bonchev–Trinajstić information content (AvgIpc) is 3.04. The third-order valence-corrected chi connectivity index (χ3v) is 5.55. The lowest BCUT2D eigenvalue weighted by molar-refractivity contribution is -0.201. The van der Waals surface area contributed by atoms with E-state index in [1.165, 1.54) is 18.7 Å². The Hall–Kier alpha value is -3.40. The first-order chi connectivity index (χ1) is 15.7. The molecule has 3 rings (SSSR count). The number of rotatable bonds is 8. The molecule has 0 unspecified atom stereocenters. The lowest BCUT2D eigenvalue weighted by atomic mass is 10.1. The van der Waals surface area contributed by atoms with Crippen LogP contribution in [0.4, 0.5) is 0 Å². The smallest absolute Gasteiger partial charge is 0.329 e. The SMILES string of the molecule is COc1ccc2c(c1)c(CC(=O)ON(C)[C@@H](CO)C(=O)O)c(C)n2C(=O)c1ccc(Cl)cc1. The number of aliphatic hydroxyl groups excluding tert-OH is 1. The van der Waals surface area contributed by atoms with Crippen molar-refractivity contribution in [3.8, 4) is 5.75 Å². The first kappa shape index (κ1) is 24.2. The zero-order valence-electron chi connectivity index (χ0n) is 18.2. The number of hydrogen-bond acceptors (Lipinski definition) is 7. The van der Waals surface area contributed by atoms with Crippen LogP contribution in [0.5, 0.6) is 5.75 Å². The summed E-state index contributed by atoms with van der Waals surface area (Å²) in [5, 5.41) is 20.3. The number of fused-ring (bicyclic) bond motifs is 1. The van der Waals surface area contributed by atoms with Crippen LogP contribution in [-0.4, -0.2) is 64.5 Å². The van der Waals surface area contributed by atoms with Crippen molar-refractivity contribution < 1.29 is 34.2 Å². The summed E-state index contributed by atoms with van der Waals surface area (Å²) in [6.07, 6.45) is -0.238. The van der Waals surface area contributed by atoms with Gasteiger partial charge in [-0.15, -0.1) is 5.06 Å². The van der Waals surface area contributed by atoms with Crippen LogP contribution >= 0.6 is 11.6 Å². The molecule has 0 spiro atoms. The number of aliphatic hydroxyl groups is 1. The largest absolute Gasteiger partial charge is 0.497 e. The lowest BCUT2D eigenvalue weighted by Crippen LogP contribution is -2.42. The Balaban J connectivity index is 2.01. The van der Waals surface area contributed by atoms with Crippen molar-refractivity contribution in [2.45, 2.75) is 19.4 Å². The van der Waals surface area contributed by atoms with Gasteiger partial charge >= 0.3 is 11.9 Å². The van der Waals surface area contributed by atoms with Crippen LogP contribution in [0.1, 0.15) is 21.6 Å². The first-order valence-corrected chi connectivity index (χ1v) is 10.3. The lowest BCUT2D eigenvalue weighted by Gasteiger charge is -2.21. The predicted molar refractivity (Wildman–Crippen MR) is 120 cm³/mol. The van der Waals surface area contributed by atoms with Crippen LogP contribution in [0.3, 0.4) is 0 Å². The number of aromatic nitrogens is 1. The molecule has 0 aliphatic carbocycles. The van der Waals surface area contributed by atoms with Crippen molar-refractivity contribution in [2.24, 2.45) is 0 Å². The molecule has 174 valence electrons. The maximum atomic E-state index is 13.3. The van der Waals surface area contributed by atoms with E-state index in [4.69, 9.17) is 26.3 Å². The first-order valence-electron chi connectivity index (χ1n) is 9.93. The van der Waals surface area contributed by atoms with Gasteiger partial charge in [-0.3, -0.25) is 14.2 Å². The second-order valence-corrected chi connectivity index (χ2v) is 7.75. The van der Waals surface area contributed by atoms with Gasteiger partial charge in [0.15, 0.2) is 6.04 Å². The van der Waals surface area contributed by atoms with E-state index in [0.29, 0.717) is 38.5 Å². The van der Waals surface area contributed by atoms with Gasteiger partial charge in [0.2, 0.25) is 0 Å². The highest BCUT2D eigenvalue weighted by Gasteiger charge is 2.27. The molecule has 0 saturated heterocycles. The molecule has 0 aliphatic rings. The van der Waals surface area contributed by atoms with E-state index in [0.717, 1.165) is 5.06 Å². The highest BCUT2D eigenvalue weighted by molar-refractivity contribution is 6.30. The van der Waals surface area contributed by atoms with Crippen molar-refractivity contribution in [3.05, 3.63) is 64.3 Å². The van der Waals surface area contributed by atoms with Crippen LogP contribution in [0.2, 0.25) is 5.02 Å². The number of carboxylic acid groups (broad SMARTS) is 1. The summed E-state index contributed by atoms with van der Waals surface area (Å²) in [7, 11) is 2.75. The minimum absolute atomic E-state index is 0.238. The zero-order chi connectivity index (χ0) is 24.3. The Morgan fingerprint density at radius 3 is 2.39 bits per heavy atom. The summed E-state index contributed by atoms with van der Waals surface area (Å²) < 4.78 is 6.80. The van der Waals surface area contributed by atoms with Gasteiger partial charge in [0.1, 0.15) is 5.75 Å². The summed E-state index contributed by atoms with van der Waals surface area (Å²) in [5.74, 6) is -1.85. The second-order valence-electron chi connectivity index (χ2n) is 7.32. The molecule has 1 atom stereocenters. The number of carbonyl (C=O) groups excluding carboxylic acids is 2. The summed E-state index contributed by atoms with van der Waals surface area (Å²) in [4.78, 5) is 42.2. The number of halogens is 1. The van der Waals surface area contributed by atoms with Crippen LogP contribution in [0.15, 0.2) is 42.5 Å². The molecular formula is C23H23ClN2O7. The van der Waals surface area contributed by atoms with Gasteiger partial charge in [-0.05, 0) is 55.0 Å². The molecule has 9 nitrogen and oxygen atoms in total. The number of likely N-dealkylation sites (N-methyl/N-ethyl adjacent to an activating group) is 1. The van der Waals surface area contributed by atoms with Crippen LogP contribution in [0, 0.1) is 6.92 Å². The van der Waals surface area contributed by atoms with Crippen molar-refractivity contribution in [3.63, 3.8) is 0 Å². The molecule has 0 aliphatic heterocycles. The van der Waals surface area contributed by atoms with E-state index in [2.05, 4.69) is 0 Å². The monoisotopic (exact) mass is 474 g/mol. The Morgan fingerprint density at radius 2 is 1.82 bits per heavy atom. The quantitative estimate of drug-likeness (QED) is 0.478. The van der Waals surface area contributed by atoms with E-state index in [9.17, 15) is 19.5 Å². The number of nitrogens with zero attached hydrogens (tertiary/aromatic N) is 2. The molecule has 0 amide bonds. The van der Waals surface area contributed by atoms with E-state index in [1.54, 1.807) is 49.4 Å². The molecule has 0 radical (unpaired) electrons. The number of carbonyl (C=O) groups is 3. The number of benzene rings is 2. The average molecular weight is 475 g/mol. The summed E-state index contributed by atoms with van der Waals surface area (Å²) >= 11 is 5.94. The number of hydroxylamine groups is 2. The fourth-order valence-corrected chi connectivity index (χ4v) is 3.67. The highest BCUT2D eigenvalue weighted by Crippen LogP contribution is 2.31. The van der Waals surface area contributed by atoms with E-state index < -0.39 is 24.6 Å². The molecule has 33 heavy (non-hydrogen) atoms. The maximum Gasteiger partial charge on any atom is 0.329 e. The van der Waals surface area contributed by atoms with Gasteiger partial charge in [0, 0.05) is 28.7 Å². The van der Waals surface area contributed by atoms with E-state index >= 15 is 0 Å². The summed E-state index contributed by atoms with van der Waals surface area (Å²) in [5.41, 5.74) is 2.04. The molecule has 0 fully saturated rings. The minimum atomic E-state index is -1.40. The number of ether oxygens (including phenoxy) is 1. The molecule has 0 bridgehead atoms. The van der Waals surface area contributed by atoms with E-state index in [1.807, 2.05) is 0 Å². The Kier molecular flexibility index (Phi) is 7.37. The van der Waals surface area contributed by atoms with Crippen molar-refractivity contribution in [1.82, 2.24) is 9.63 Å². The van der Waals surface area contributed by atoms with Gasteiger partial charge in [-0.2, -0.15) is 0 Å². The Labute approximate surface area is 194 Å². The zero-order valence-corrected chi connectivity index (χ0v) is 19.0. The van der Waals surface area contributed by atoms with Gasteiger partial charge in [0.25, 0.3) is 5.91 Å². The molecule has 2 N–H and O–H groups in total. The number of hydrogen-bond donors (Lipinski definition) is 2. The highest BCUT2D eigenvalue weighted by atomic mass is 35.5. The topological polar surface area (TPSA) is 118 Å². The maximum absolute atomic E-state index is 13.3. The third kappa shape index (κ3) is 5.00. The fraction of sp³-hybridized carbons (Fsp3) is 0.261. The van der Waals surface area contributed by atoms with Gasteiger partial charge in [-0.25, -0.2) is 4.79 Å². The van der Waals surface area contributed by atoms with Crippen LogP contribution in [0.25, 0.3) is 10.9 Å². The Morgan fingerprint density at radius 1 is 1.15 bits per heavy atom. The van der Waals surface area contributed by atoms with Crippen LogP contribution in [-0.2, 0) is 20.8 Å². The number of aliphatic carboxylic acids is 1. The molecule has 10 heteroatoms. The molecule has 2 aromatic carbocycles. The van der Waals surface area contributed by atoms with Gasteiger partial charge in [0.05, 0.1) is 25.7 Å². The molecule has 3 aromatic rings. The minimum Gasteiger partial charge on any atom is -0.497 e. The number of carboxylic acids is 1. The van der Waals surface area contributed by atoms with Crippen molar-refractivity contribution in [1.29, 1.82) is 0 Å². The summed E-state index contributed by atoms with van der Waals surface area (Å²) in [6, 6.07) is 10.2. The van der Waals surface area contributed by atoms with Gasteiger partial charge in [-0.1, -0.05) is 11.6 Å². The van der Waals surface area contributed by atoms with Crippen molar-refractivity contribution in [2.75, 3.05) is 20.8 Å². The second kappa shape index (κ2) is 10.0. The predicted octanol–water partition coefficient (Wildman–Crippen LogP) is 2.68.